The second kappa shape index (κ2) is 4.99. The smallest absolute Gasteiger partial charge is 0.151 e. The SMILES string of the molecule is CCCCc1nc(Cl)c(CNC2CC2)[nH]1. The summed E-state index contributed by atoms with van der Waals surface area (Å²) in [4.78, 5) is 7.61. The third kappa shape index (κ3) is 3.21. The van der Waals surface area contributed by atoms with Crippen molar-refractivity contribution in [1.29, 1.82) is 0 Å². The molecule has 3 nitrogen and oxygen atoms in total. The van der Waals surface area contributed by atoms with Crippen molar-refractivity contribution in [3.63, 3.8) is 0 Å². The van der Waals surface area contributed by atoms with Gasteiger partial charge in [0.1, 0.15) is 5.82 Å². The maximum atomic E-state index is 6.05. The van der Waals surface area contributed by atoms with Crippen LogP contribution in [0.25, 0.3) is 0 Å². The predicted octanol–water partition coefficient (Wildman–Crippen LogP) is 2.66. The van der Waals surface area contributed by atoms with E-state index in [2.05, 4.69) is 22.2 Å². The van der Waals surface area contributed by atoms with E-state index in [-0.39, 0.29) is 0 Å². The lowest BCUT2D eigenvalue weighted by atomic mass is 10.2. The van der Waals surface area contributed by atoms with E-state index in [1.807, 2.05) is 0 Å². The number of aromatic nitrogens is 2. The summed E-state index contributed by atoms with van der Waals surface area (Å²) < 4.78 is 0. The molecule has 2 rings (SSSR count). The number of rotatable bonds is 6. The quantitative estimate of drug-likeness (QED) is 0.785. The molecule has 0 radical (unpaired) electrons. The molecule has 1 saturated carbocycles. The van der Waals surface area contributed by atoms with Gasteiger partial charge in [-0.25, -0.2) is 4.98 Å². The fraction of sp³-hybridized carbons (Fsp3) is 0.727. The topological polar surface area (TPSA) is 40.7 Å². The zero-order valence-corrected chi connectivity index (χ0v) is 9.90. The third-order valence-electron chi connectivity index (χ3n) is 2.69. The van der Waals surface area contributed by atoms with Gasteiger partial charge in [-0.15, -0.1) is 0 Å². The van der Waals surface area contributed by atoms with E-state index < -0.39 is 0 Å². The molecule has 0 aromatic carbocycles. The van der Waals surface area contributed by atoms with Gasteiger partial charge < -0.3 is 10.3 Å². The Labute approximate surface area is 95.6 Å². The molecule has 15 heavy (non-hydrogen) atoms. The minimum Gasteiger partial charge on any atom is -0.344 e. The Balaban J connectivity index is 1.87. The molecule has 0 spiro atoms. The fourth-order valence-electron chi connectivity index (χ4n) is 1.55. The van der Waals surface area contributed by atoms with Gasteiger partial charge in [0.15, 0.2) is 5.15 Å². The van der Waals surface area contributed by atoms with Crippen molar-refractivity contribution >= 4 is 11.6 Å². The lowest BCUT2D eigenvalue weighted by Crippen LogP contribution is -2.15. The molecule has 1 aromatic rings. The molecule has 1 aromatic heterocycles. The van der Waals surface area contributed by atoms with Crippen molar-refractivity contribution in [2.75, 3.05) is 0 Å². The lowest BCUT2D eigenvalue weighted by Gasteiger charge is -1.99. The first-order chi connectivity index (χ1) is 7.29. The molecular formula is C11H18ClN3. The van der Waals surface area contributed by atoms with Gasteiger partial charge in [-0.2, -0.15) is 0 Å². The van der Waals surface area contributed by atoms with E-state index in [1.54, 1.807) is 0 Å². The Bertz CT molecular complexity index is 318. The van der Waals surface area contributed by atoms with E-state index in [9.17, 15) is 0 Å². The average molecular weight is 228 g/mol. The molecule has 0 unspecified atom stereocenters. The highest BCUT2D eigenvalue weighted by atomic mass is 35.5. The normalized spacial score (nSPS) is 15.9. The summed E-state index contributed by atoms with van der Waals surface area (Å²) in [5, 5.41) is 4.06. The first-order valence-electron chi connectivity index (χ1n) is 5.76. The third-order valence-corrected chi connectivity index (χ3v) is 3.00. The minimum absolute atomic E-state index is 0.634. The zero-order chi connectivity index (χ0) is 10.7. The first kappa shape index (κ1) is 11.0. The molecule has 1 fully saturated rings. The summed E-state index contributed by atoms with van der Waals surface area (Å²) in [6, 6.07) is 0.712. The number of H-pyrrole nitrogens is 1. The van der Waals surface area contributed by atoms with Gasteiger partial charge in [0.05, 0.1) is 5.69 Å². The second-order valence-corrected chi connectivity index (χ2v) is 4.57. The number of imidazole rings is 1. The Morgan fingerprint density at radius 1 is 1.53 bits per heavy atom. The Hall–Kier alpha value is -0.540. The van der Waals surface area contributed by atoms with Crippen LogP contribution in [0.5, 0.6) is 0 Å². The molecule has 0 bridgehead atoms. The van der Waals surface area contributed by atoms with Gasteiger partial charge >= 0.3 is 0 Å². The van der Waals surface area contributed by atoms with Gasteiger partial charge in [0, 0.05) is 19.0 Å². The molecule has 84 valence electrons. The lowest BCUT2D eigenvalue weighted by molar-refractivity contribution is 0.674. The summed E-state index contributed by atoms with van der Waals surface area (Å²) in [6.45, 7) is 3.00. The summed E-state index contributed by atoms with van der Waals surface area (Å²) in [5.74, 6) is 1.02. The van der Waals surface area contributed by atoms with E-state index >= 15 is 0 Å². The molecule has 0 amide bonds. The van der Waals surface area contributed by atoms with Crippen LogP contribution in [-0.4, -0.2) is 16.0 Å². The van der Waals surface area contributed by atoms with Gasteiger partial charge in [0.25, 0.3) is 0 Å². The van der Waals surface area contributed by atoms with Crippen LogP contribution in [0.2, 0.25) is 5.15 Å². The number of hydrogen-bond acceptors (Lipinski definition) is 2. The largest absolute Gasteiger partial charge is 0.344 e. The fourth-order valence-corrected chi connectivity index (χ4v) is 1.77. The van der Waals surface area contributed by atoms with Gasteiger partial charge in [-0.1, -0.05) is 24.9 Å². The number of unbranched alkanes of at least 4 members (excludes halogenated alkanes) is 1. The second-order valence-electron chi connectivity index (χ2n) is 4.21. The van der Waals surface area contributed by atoms with E-state index in [0.717, 1.165) is 24.5 Å². The Morgan fingerprint density at radius 2 is 2.33 bits per heavy atom. The number of nitrogens with one attached hydrogen (secondary N) is 2. The first-order valence-corrected chi connectivity index (χ1v) is 6.14. The van der Waals surface area contributed by atoms with Crippen molar-refractivity contribution < 1.29 is 0 Å². The molecule has 2 N–H and O–H groups in total. The number of hydrogen-bond donors (Lipinski definition) is 2. The van der Waals surface area contributed by atoms with Crippen LogP contribution < -0.4 is 5.32 Å². The van der Waals surface area contributed by atoms with Crippen LogP contribution in [0.15, 0.2) is 0 Å². The van der Waals surface area contributed by atoms with Crippen molar-refractivity contribution in [1.82, 2.24) is 15.3 Å². The summed E-state index contributed by atoms with van der Waals surface area (Å²) in [7, 11) is 0. The number of aryl methyl sites for hydroxylation is 1. The van der Waals surface area contributed by atoms with Crippen LogP contribution in [0.3, 0.4) is 0 Å². The molecule has 1 aliphatic rings. The van der Waals surface area contributed by atoms with E-state index in [1.165, 1.54) is 25.7 Å². The maximum absolute atomic E-state index is 6.05. The maximum Gasteiger partial charge on any atom is 0.151 e. The van der Waals surface area contributed by atoms with Gasteiger partial charge in [-0.3, -0.25) is 0 Å². The summed E-state index contributed by atoms with van der Waals surface area (Å²) in [6.07, 6.45) is 5.95. The van der Waals surface area contributed by atoms with E-state index in [0.29, 0.717) is 11.2 Å². The van der Waals surface area contributed by atoms with Gasteiger partial charge in [0.2, 0.25) is 0 Å². The van der Waals surface area contributed by atoms with Crippen molar-refractivity contribution in [3.05, 3.63) is 16.7 Å². The molecule has 0 aliphatic heterocycles. The van der Waals surface area contributed by atoms with Crippen molar-refractivity contribution in [3.8, 4) is 0 Å². The summed E-state index contributed by atoms with van der Waals surface area (Å²) in [5.41, 5.74) is 1.04. The van der Waals surface area contributed by atoms with Gasteiger partial charge in [-0.05, 0) is 19.3 Å². The van der Waals surface area contributed by atoms with Crippen LogP contribution in [-0.2, 0) is 13.0 Å². The summed E-state index contributed by atoms with van der Waals surface area (Å²) >= 11 is 6.05. The highest BCUT2D eigenvalue weighted by molar-refractivity contribution is 6.30. The van der Waals surface area contributed by atoms with Crippen LogP contribution in [0, 0.1) is 0 Å². The molecule has 1 heterocycles. The number of nitrogens with zero attached hydrogens (tertiary/aromatic N) is 1. The van der Waals surface area contributed by atoms with Crippen LogP contribution in [0.1, 0.15) is 44.1 Å². The monoisotopic (exact) mass is 227 g/mol. The molecule has 4 heteroatoms. The highest BCUT2D eigenvalue weighted by Gasteiger charge is 2.21. The van der Waals surface area contributed by atoms with Crippen LogP contribution in [0.4, 0.5) is 0 Å². The number of aromatic amines is 1. The number of halogens is 1. The standard InChI is InChI=1S/C11H18ClN3/c1-2-3-4-10-14-9(11(12)15-10)7-13-8-5-6-8/h8,13H,2-7H2,1H3,(H,14,15). The molecule has 1 aliphatic carbocycles. The van der Waals surface area contributed by atoms with E-state index in [4.69, 9.17) is 11.6 Å². The Morgan fingerprint density at radius 3 is 3.00 bits per heavy atom. The predicted molar refractivity (Wildman–Crippen MR) is 62.1 cm³/mol. The molecular weight excluding hydrogens is 210 g/mol. The zero-order valence-electron chi connectivity index (χ0n) is 9.15. The van der Waals surface area contributed by atoms with Crippen molar-refractivity contribution in [2.45, 2.75) is 51.6 Å². The Kier molecular flexibility index (Phi) is 3.65. The van der Waals surface area contributed by atoms with Crippen LogP contribution >= 0.6 is 11.6 Å². The highest BCUT2D eigenvalue weighted by Crippen LogP contribution is 2.20. The minimum atomic E-state index is 0.634. The average Bonchev–Trinajstić information content (AvgIpc) is 2.98. The molecule has 0 atom stereocenters. The van der Waals surface area contributed by atoms with Crippen molar-refractivity contribution in [2.24, 2.45) is 0 Å². The molecule has 0 saturated heterocycles.